The maximum atomic E-state index is 12.5. The molecule has 0 aliphatic rings. The largest absolute Gasteiger partial charge is 0.347 e. The molecule has 9 heteroatoms. The van der Waals surface area contributed by atoms with Gasteiger partial charge in [0.2, 0.25) is 0 Å². The molecule has 0 aliphatic heterocycles. The summed E-state index contributed by atoms with van der Waals surface area (Å²) < 4.78 is 3.34. The lowest BCUT2D eigenvalue weighted by Gasteiger charge is -2.07. The van der Waals surface area contributed by atoms with Crippen molar-refractivity contribution in [1.82, 2.24) is 24.9 Å². The zero-order chi connectivity index (χ0) is 20.9. The van der Waals surface area contributed by atoms with Crippen molar-refractivity contribution < 1.29 is 9.72 Å². The van der Waals surface area contributed by atoms with E-state index in [1.807, 2.05) is 41.2 Å². The highest BCUT2D eigenvalue weighted by atomic mass is 16.6. The first-order valence-electron chi connectivity index (χ1n) is 9.22. The Morgan fingerprint density at radius 3 is 2.57 bits per heavy atom. The van der Waals surface area contributed by atoms with Crippen LogP contribution in [0.3, 0.4) is 0 Å². The Hall–Kier alpha value is -4.27. The van der Waals surface area contributed by atoms with Gasteiger partial charge in [-0.2, -0.15) is 10.2 Å². The quantitative estimate of drug-likeness (QED) is 0.378. The van der Waals surface area contributed by atoms with Crippen LogP contribution in [0.1, 0.15) is 21.6 Å². The second-order valence-electron chi connectivity index (χ2n) is 6.63. The Morgan fingerprint density at radius 1 is 1.03 bits per heavy atom. The highest BCUT2D eigenvalue weighted by molar-refractivity contribution is 5.92. The predicted molar refractivity (Wildman–Crippen MR) is 109 cm³/mol. The third kappa shape index (κ3) is 4.41. The molecule has 0 spiro atoms. The topological polar surface area (TPSA) is 108 Å². The van der Waals surface area contributed by atoms with Gasteiger partial charge in [-0.25, -0.2) is 4.68 Å². The van der Waals surface area contributed by atoms with E-state index in [9.17, 15) is 14.9 Å². The summed E-state index contributed by atoms with van der Waals surface area (Å²) in [6.45, 7) is 1.03. The molecule has 0 aliphatic carbocycles. The zero-order valence-corrected chi connectivity index (χ0v) is 15.9. The average Bonchev–Trinajstić information content (AvgIpc) is 3.45. The van der Waals surface area contributed by atoms with Crippen LogP contribution in [0, 0.1) is 10.1 Å². The van der Waals surface area contributed by atoms with Crippen LogP contribution >= 0.6 is 0 Å². The standard InChI is InChI=1S/C21H18N6O3/c28-21(20-9-12-26(24-20)18-5-7-19(8-6-18)27(29)30)22-14-16-3-1-4-17(13-16)15-25-11-2-10-23-25/h1-13H,14-15H2,(H,22,28). The van der Waals surface area contributed by atoms with Crippen LogP contribution in [0.2, 0.25) is 0 Å². The third-order valence-electron chi connectivity index (χ3n) is 4.50. The number of carbonyl (C=O) groups excluding carboxylic acids is 1. The Balaban J connectivity index is 1.38. The molecule has 0 saturated heterocycles. The summed E-state index contributed by atoms with van der Waals surface area (Å²) in [6, 6.07) is 17.4. The van der Waals surface area contributed by atoms with Crippen molar-refractivity contribution in [2.75, 3.05) is 0 Å². The lowest BCUT2D eigenvalue weighted by Crippen LogP contribution is -2.23. The molecule has 2 heterocycles. The molecule has 9 nitrogen and oxygen atoms in total. The third-order valence-corrected chi connectivity index (χ3v) is 4.50. The first-order valence-corrected chi connectivity index (χ1v) is 9.22. The van der Waals surface area contributed by atoms with E-state index < -0.39 is 4.92 Å². The normalized spacial score (nSPS) is 10.7. The number of nitrogens with one attached hydrogen (secondary N) is 1. The van der Waals surface area contributed by atoms with Crippen LogP contribution in [-0.2, 0) is 13.1 Å². The van der Waals surface area contributed by atoms with Crippen LogP contribution in [-0.4, -0.2) is 30.4 Å². The van der Waals surface area contributed by atoms with Crippen LogP contribution < -0.4 is 5.32 Å². The zero-order valence-electron chi connectivity index (χ0n) is 15.9. The fraction of sp³-hybridized carbons (Fsp3) is 0.0952. The van der Waals surface area contributed by atoms with Gasteiger partial charge in [0.15, 0.2) is 5.69 Å². The molecule has 4 rings (SSSR count). The van der Waals surface area contributed by atoms with Gasteiger partial charge in [0.25, 0.3) is 11.6 Å². The summed E-state index contributed by atoms with van der Waals surface area (Å²) in [7, 11) is 0. The van der Waals surface area contributed by atoms with E-state index in [0.717, 1.165) is 11.1 Å². The molecular formula is C21H18N6O3. The molecule has 2 aromatic heterocycles. The highest BCUT2D eigenvalue weighted by Crippen LogP contribution is 2.15. The Bertz CT molecular complexity index is 1170. The van der Waals surface area contributed by atoms with E-state index in [1.54, 1.807) is 30.6 Å². The second-order valence-corrected chi connectivity index (χ2v) is 6.63. The molecule has 1 N–H and O–H groups in total. The Labute approximate surface area is 171 Å². The molecule has 0 bridgehead atoms. The minimum Gasteiger partial charge on any atom is -0.347 e. The minimum atomic E-state index is -0.463. The number of hydrogen-bond donors (Lipinski definition) is 1. The number of nitrogens with zero attached hydrogens (tertiary/aromatic N) is 5. The van der Waals surface area contributed by atoms with Crippen molar-refractivity contribution in [3.63, 3.8) is 0 Å². The van der Waals surface area contributed by atoms with Gasteiger partial charge in [-0.05, 0) is 35.4 Å². The maximum Gasteiger partial charge on any atom is 0.272 e. The number of rotatable bonds is 7. The monoisotopic (exact) mass is 402 g/mol. The number of benzene rings is 2. The first-order chi connectivity index (χ1) is 14.6. The Morgan fingerprint density at radius 2 is 1.83 bits per heavy atom. The summed E-state index contributed by atoms with van der Waals surface area (Å²) in [5, 5.41) is 22.1. The molecule has 2 aromatic carbocycles. The lowest BCUT2D eigenvalue weighted by atomic mass is 10.1. The van der Waals surface area contributed by atoms with Gasteiger partial charge in [-0.15, -0.1) is 0 Å². The summed E-state index contributed by atoms with van der Waals surface area (Å²) in [6.07, 6.45) is 5.27. The average molecular weight is 402 g/mol. The molecule has 1 amide bonds. The molecular weight excluding hydrogens is 384 g/mol. The van der Waals surface area contributed by atoms with Crippen molar-refractivity contribution in [3.05, 3.63) is 106 Å². The van der Waals surface area contributed by atoms with Gasteiger partial charge in [-0.1, -0.05) is 24.3 Å². The van der Waals surface area contributed by atoms with Crippen LogP contribution in [0.4, 0.5) is 5.69 Å². The highest BCUT2D eigenvalue weighted by Gasteiger charge is 2.11. The van der Waals surface area contributed by atoms with E-state index in [1.165, 1.54) is 16.8 Å². The Kier molecular flexibility index (Phi) is 5.33. The second kappa shape index (κ2) is 8.39. The predicted octanol–water partition coefficient (Wildman–Crippen LogP) is 2.96. The number of carbonyl (C=O) groups is 1. The number of non-ortho nitro benzene ring substituents is 1. The van der Waals surface area contributed by atoms with Gasteiger partial charge < -0.3 is 5.32 Å². The van der Waals surface area contributed by atoms with Crippen molar-refractivity contribution in [2.45, 2.75) is 13.1 Å². The number of hydrogen-bond acceptors (Lipinski definition) is 5. The van der Waals surface area contributed by atoms with Crippen LogP contribution in [0.5, 0.6) is 0 Å². The SMILES string of the molecule is O=C(NCc1cccc(Cn2cccn2)c1)c1ccn(-c2ccc([N+](=O)[O-])cc2)n1. The molecule has 0 unspecified atom stereocenters. The van der Waals surface area contributed by atoms with E-state index in [0.29, 0.717) is 18.8 Å². The number of aromatic nitrogens is 4. The smallest absolute Gasteiger partial charge is 0.272 e. The fourth-order valence-electron chi connectivity index (χ4n) is 3.01. The van der Waals surface area contributed by atoms with Gasteiger partial charge in [-0.3, -0.25) is 19.6 Å². The molecule has 0 fully saturated rings. The van der Waals surface area contributed by atoms with E-state index >= 15 is 0 Å². The molecule has 0 saturated carbocycles. The number of amides is 1. The molecule has 30 heavy (non-hydrogen) atoms. The van der Waals surface area contributed by atoms with Crippen molar-refractivity contribution >= 4 is 11.6 Å². The molecule has 4 aromatic rings. The summed E-state index contributed by atoms with van der Waals surface area (Å²) in [5.74, 6) is -0.298. The van der Waals surface area contributed by atoms with E-state index in [4.69, 9.17) is 0 Å². The maximum absolute atomic E-state index is 12.5. The van der Waals surface area contributed by atoms with Crippen LogP contribution in [0.15, 0.2) is 79.3 Å². The fourth-order valence-corrected chi connectivity index (χ4v) is 3.01. The van der Waals surface area contributed by atoms with Gasteiger partial charge >= 0.3 is 0 Å². The summed E-state index contributed by atoms with van der Waals surface area (Å²) in [4.78, 5) is 22.8. The summed E-state index contributed by atoms with van der Waals surface area (Å²) in [5.41, 5.74) is 2.96. The van der Waals surface area contributed by atoms with Gasteiger partial charge in [0.1, 0.15) is 0 Å². The van der Waals surface area contributed by atoms with Crippen molar-refractivity contribution in [3.8, 4) is 5.69 Å². The van der Waals surface area contributed by atoms with E-state index in [-0.39, 0.29) is 17.3 Å². The molecule has 0 atom stereocenters. The van der Waals surface area contributed by atoms with Gasteiger partial charge in [0.05, 0.1) is 17.2 Å². The number of nitro benzene ring substituents is 1. The molecule has 0 radical (unpaired) electrons. The van der Waals surface area contributed by atoms with Crippen LogP contribution in [0.25, 0.3) is 5.69 Å². The van der Waals surface area contributed by atoms with Crippen molar-refractivity contribution in [2.24, 2.45) is 0 Å². The molecule has 150 valence electrons. The first kappa shape index (κ1) is 19.1. The summed E-state index contributed by atoms with van der Waals surface area (Å²) >= 11 is 0. The minimum absolute atomic E-state index is 0.00124. The lowest BCUT2D eigenvalue weighted by molar-refractivity contribution is -0.384. The van der Waals surface area contributed by atoms with Gasteiger partial charge in [0, 0.05) is 37.3 Å². The van der Waals surface area contributed by atoms with E-state index in [2.05, 4.69) is 15.5 Å². The van der Waals surface area contributed by atoms with Crippen molar-refractivity contribution in [1.29, 1.82) is 0 Å². The number of nitro groups is 1.